The van der Waals surface area contributed by atoms with E-state index in [-0.39, 0.29) is 0 Å². The molecule has 0 saturated heterocycles. The number of para-hydroxylation sites is 2. The molecule has 7 heteroatoms. The molecule has 3 heterocycles. The summed E-state index contributed by atoms with van der Waals surface area (Å²) in [5, 5.41) is 17.0. The number of benzene rings is 2. The summed E-state index contributed by atoms with van der Waals surface area (Å²) in [5.74, 6) is 0. The number of thiazole rings is 1. The van der Waals surface area contributed by atoms with Gasteiger partial charge in [-0.25, -0.2) is 9.78 Å². The smallest absolute Gasteiger partial charge is 0.345 e. The minimum atomic E-state index is -0.460. The highest BCUT2D eigenvalue weighted by atomic mass is 32.1. The van der Waals surface area contributed by atoms with Crippen molar-refractivity contribution in [2.75, 3.05) is 5.32 Å². The number of fused-ring (bicyclic) bond motifs is 2. The molecule has 0 spiro atoms. The van der Waals surface area contributed by atoms with Crippen LogP contribution in [0.25, 0.3) is 38.7 Å². The molecule has 3 aromatic heterocycles. The van der Waals surface area contributed by atoms with Crippen molar-refractivity contribution in [3.8, 4) is 17.3 Å². The number of pyridine rings is 1. The molecule has 0 amide bonds. The zero-order chi connectivity index (χ0) is 22.1. The Kier molecular flexibility index (Phi) is 4.98. The van der Waals surface area contributed by atoms with Crippen molar-refractivity contribution in [2.24, 2.45) is 0 Å². The van der Waals surface area contributed by atoms with Crippen LogP contribution in [0.2, 0.25) is 0 Å². The molecule has 0 atom stereocenters. The van der Waals surface area contributed by atoms with E-state index < -0.39 is 5.63 Å². The minimum absolute atomic E-state index is 0.357. The van der Waals surface area contributed by atoms with E-state index in [2.05, 4.69) is 21.4 Å². The van der Waals surface area contributed by atoms with Gasteiger partial charge in [-0.3, -0.25) is 4.98 Å². The van der Waals surface area contributed by atoms with E-state index in [1.165, 1.54) is 11.3 Å². The van der Waals surface area contributed by atoms with Crippen molar-refractivity contribution < 1.29 is 4.42 Å². The molecule has 6 nitrogen and oxygen atoms in total. The van der Waals surface area contributed by atoms with E-state index in [1.807, 2.05) is 55.5 Å². The van der Waals surface area contributed by atoms with Crippen LogP contribution in [0.4, 0.5) is 5.69 Å². The normalized spacial score (nSPS) is 11.6. The van der Waals surface area contributed by atoms with Gasteiger partial charge in [0.25, 0.3) is 0 Å². The Morgan fingerprint density at radius 3 is 2.81 bits per heavy atom. The van der Waals surface area contributed by atoms with Crippen LogP contribution >= 0.6 is 11.3 Å². The number of rotatable bonds is 4. The minimum Gasteiger partial charge on any atom is -0.422 e. The van der Waals surface area contributed by atoms with Crippen LogP contribution in [0.3, 0.4) is 0 Å². The molecule has 0 unspecified atom stereocenters. The van der Waals surface area contributed by atoms with Crippen LogP contribution in [0.1, 0.15) is 10.7 Å². The number of aromatic nitrogens is 2. The van der Waals surface area contributed by atoms with Gasteiger partial charge in [0.05, 0.1) is 22.5 Å². The van der Waals surface area contributed by atoms with Crippen molar-refractivity contribution in [3.05, 3.63) is 93.4 Å². The number of nitrogens with zero attached hydrogens (tertiary/aromatic N) is 3. The third-order valence-electron chi connectivity index (χ3n) is 5.00. The second-order valence-electron chi connectivity index (χ2n) is 7.17. The first kappa shape index (κ1) is 19.7. The monoisotopic (exact) mass is 436 g/mol. The van der Waals surface area contributed by atoms with Crippen LogP contribution in [-0.4, -0.2) is 9.97 Å². The molecule has 2 aromatic carbocycles. The highest BCUT2D eigenvalue weighted by Gasteiger charge is 2.14. The summed E-state index contributed by atoms with van der Waals surface area (Å²) in [7, 11) is 0. The predicted octanol–water partition coefficient (Wildman–Crippen LogP) is 5.75. The van der Waals surface area contributed by atoms with Crippen molar-refractivity contribution >= 4 is 44.5 Å². The standard InChI is InChI=1S/C25H16N4O2S/c1-15-9-10-16-6-4-7-20(23(16)28-15)27-13-18(12-26)24-29-21(14-32-24)19-11-17-5-2-3-8-22(17)31-25(19)30/h2-11,13-14,27H,1H3/b18-13+. The first-order chi connectivity index (χ1) is 15.6. The lowest BCUT2D eigenvalue weighted by Crippen LogP contribution is -2.02. The van der Waals surface area contributed by atoms with Gasteiger partial charge in [-0.05, 0) is 31.2 Å². The van der Waals surface area contributed by atoms with Gasteiger partial charge < -0.3 is 9.73 Å². The molecule has 0 fully saturated rings. The van der Waals surface area contributed by atoms with Gasteiger partial charge >= 0.3 is 5.63 Å². The van der Waals surface area contributed by atoms with E-state index >= 15 is 0 Å². The molecule has 0 radical (unpaired) electrons. The molecule has 5 rings (SSSR count). The first-order valence-electron chi connectivity index (χ1n) is 9.85. The van der Waals surface area contributed by atoms with E-state index in [0.717, 1.165) is 27.7 Å². The van der Waals surface area contributed by atoms with Crippen LogP contribution in [0.15, 0.2) is 81.5 Å². The van der Waals surface area contributed by atoms with E-state index in [9.17, 15) is 10.1 Å². The Morgan fingerprint density at radius 2 is 1.94 bits per heavy atom. The quantitative estimate of drug-likeness (QED) is 0.285. The van der Waals surface area contributed by atoms with Gasteiger partial charge in [-0.15, -0.1) is 11.3 Å². The molecule has 5 aromatic rings. The van der Waals surface area contributed by atoms with Gasteiger partial charge in [0, 0.05) is 28.0 Å². The second-order valence-corrected chi connectivity index (χ2v) is 8.03. The lowest BCUT2D eigenvalue weighted by Gasteiger charge is -2.06. The summed E-state index contributed by atoms with van der Waals surface area (Å²) in [4.78, 5) is 21.6. The molecule has 0 bridgehead atoms. The number of hydrogen-bond acceptors (Lipinski definition) is 7. The molecule has 0 aliphatic carbocycles. The lowest BCUT2D eigenvalue weighted by atomic mass is 10.1. The topological polar surface area (TPSA) is 91.8 Å². The van der Waals surface area contributed by atoms with E-state index in [1.54, 1.807) is 23.7 Å². The molecular weight excluding hydrogens is 420 g/mol. The van der Waals surface area contributed by atoms with E-state index in [4.69, 9.17) is 4.42 Å². The van der Waals surface area contributed by atoms with Crippen molar-refractivity contribution in [1.29, 1.82) is 5.26 Å². The average Bonchev–Trinajstić information content (AvgIpc) is 3.29. The Morgan fingerprint density at radius 1 is 1.09 bits per heavy atom. The Labute approximate surface area is 187 Å². The molecular formula is C25H16N4O2S. The summed E-state index contributed by atoms with van der Waals surface area (Å²) >= 11 is 1.29. The SMILES string of the molecule is Cc1ccc2cccc(N/C=C(\C#N)c3nc(-c4cc5ccccc5oc4=O)cs3)c2n1. The summed E-state index contributed by atoms with van der Waals surface area (Å²) in [6.45, 7) is 1.94. The Bertz CT molecular complexity index is 1610. The fourth-order valence-electron chi connectivity index (χ4n) is 3.41. The van der Waals surface area contributed by atoms with E-state index in [0.29, 0.717) is 27.4 Å². The van der Waals surface area contributed by atoms with Gasteiger partial charge in [0.1, 0.15) is 22.2 Å². The van der Waals surface area contributed by atoms with Crippen LogP contribution in [0.5, 0.6) is 0 Å². The summed E-state index contributed by atoms with van der Waals surface area (Å²) in [6.07, 6.45) is 1.62. The summed E-state index contributed by atoms with van der Waals surface area (Å²) in [5.41, 5.74) is 3.81. The number of aryl methyl sites for hydroxylation is 1. The van der Waals surface area contributed by atoms with Gasteiger partial charge in [-0.2, -0.15) is 5.26 Å². The van der Waals surface area contributed by atoms with Gasteiger partial charge in [0.2, 0.25) is 0 Å². The Hall–Kier alpha value is -4.28. The fourth-order valence-corrected chi connectivity index (χ4v) is 4.20. The number of hydrogen-bond donors (Lipinski definition) is 1. The van der Waals surface area contributed by atoms with Crippen LogP contribution < -0.4 is 10.9 Å². The molecule has 154 valence electrons. The first-order valence-corrected chi connectivity index (χ1v) is 10.7. The van der Waals surface area contributed by atoms with Gasteiger partial charge in [-0.1, -0.05) is 36.4 Å². The zero-order valence-corrected chi connectivity index (χ0v) is 17.8. The van der Waals surface area contributed by atoms with Crippen molar-refractivity contribution in [3.63, 3.8) is 0 Å². The van der Waals surface area contributed by atoms with Crippen molar-refractivity contribution in [1.82, 2.24) is 9.97 Å². The highest BCUT2D eigenvalue weighted by molar-refractivity contribution is 7.11. The number of nitriles is 1. The van der Waals surface area contributed by atoms with Gasteiger partial charge in [0.15, 0.2) is 0 Å². The molecule has 0 aliphatic heterocycles. The maximum Gasteiger partial charge on any atom is 0.345 e. The predicted molar refractivity (Wildman–Crippen MR) is 127 cm³/mol. The maximum absolute atomic E-state index is 12.4. The maximum atomic E-state index is 12.4. The van der Waals surface area contributed by atoms with Crippen molar-refractivity contribution in [2.45, 2.75) is 6.92 Å². The number of nitrogens with one attached hydrogen (secondary N) is 1. The Balaban J connectivity index is 1.49. The number of anilines is 1. The largest absolute Gasteiger partial charge is 0.422 e. The third-order valence-corrected chi connectivity index (χ3v) is 5.88. The summed E-state index contributed by atoms with van der Waals surface area (Å²) < 4.78 is 5.41. The summed E-state index contributed by atoms with van der Waals surface area (Å²) in [6, 6.07) is 21.1. The highest BCUT2D eigenvalue weighted by Crippen LogP contribution is 2.27. The molecule has 0 saturated carbocycles. The average molecular weight is 436 g/mol. The second kappa shape index (κ2) is 8.10. The fraction of sp³-hybridized carbons (Fsp3) is 0.0400. The van der Waals surface area contributed by atoms with Crippen LogP contribution in [-0.2, 0) is 0 Å². The van der Waals surface area contributed by atoms with Crippen LogP contribution in [0, 0.1) is 18.3 Å². The third kappa shape index (κ3) is 3.64. The lowest BCUT2D eigenvalue weighted by molar-refractivity contribution is 0.563. The zero-order valence-electron chi connectivity index (χ0n) is 17.0. The molecule has 0 aliphatic rings. The molecule has 32 heavy (non-hydrogen) atoms. The number of allylic oxidation sites excluding steroid dienone is 1. The molecule has 1 N–H and O–H groups in total.